The Bertz CT molecular complexity index is 1790. The molecule has 0 unspecified atom stereocenters. The van der Waals surface area contributed by atoms with Gasteiger partial charge in [-0.15, -0.1) is 0 Å². The van der Waals surface area contributed by atoms with Gasteiger partial charge in [-0.05, 0) is 50.1 Å². The number of carbonyl (C=O) groups excluding carboxylic acids is 1. The Labute approximate surface area is 239 Å². The summed E-state index contributed by atoms with van der Waals surface area (Å²) in [6.07, 6.45) is 3.86. The lowest BCUT2D eigenvalue weighted by molar-refractivity contribution is -0.113. The zero-order chi connectivity index (χ0) is 28.6. The molecule has 0 atom stereocenters. The van der Waals surface area contributed by atoms with E-state index in [4.69, 9.17) is 21.9 Å². The third kappa shape index (κ3) is 4.78. The van der Waals surface area contributed by atoms with Crippen molar-refractivity contribution in [2.45, 2.75) is 20.3 Å². The molecule has 1 amide bonds. The molecule has 1 fully saturated rings. The van der Waals surface area contributed by atoms with Crippen LogP contribution in [-0.2, 0) is 16.6 Å². The zero-order valence-electron chi connectivity index (χ0n) is 22.5. The Kier molecular flexibility index (Phi) is 7.74. The Hall–Kier alpha value is -4.00. The Morgan fingerprint density at radius 1 is 1.07 bits per heavy atom. The highest BCUT2D eigenvalue weighted by molar-refractivity contribution is 8.27. The van der Waals surface area contributed by atoms with Crippen LogP contribution in [0.25, 0.3) is 17.4 Å². The number of ether oxygens (including phenoxy) is 1. The molecular formula is C28H28N6O4S2. The van der Waals surface area contributed by atoms with Crippen LogP contribution in [0, 0.1) is 13.8 Å². The lowest BCUT2D eigenvalue weighted by Crippen LogP contribution is -2.33. The summed E-state index contributed by atoms with van der Waals surface area (Å²) in [6, 6.07) is 12.8. The summed E-state index contributed by atoms with van der Waals surface area (Å²) in [6.45, 7) is 4.71. The molecule has 0 saturated carbocycles. The quantitative estimate of drug-likeness (QED) is 0.193. The normalized spacial score (nSPS) is 14.6. The summed E-state index contributed by atoms with van der Waals surface area (Å²) >= 11 is 6.63. The largest absolute Gasteiger partial charge is 0.385 e. The van der Waals surface area contributed by atoms with E-state index in [-0.39, 0.29) is 31.6 Å². The number of thiocarbonyl (C=S) groups is 1. The molecule has 12 heteroatoms. The van der Waals surface area contributed by atoms with Gasteiger partial charge in [-0.25, -0.2) is 9.67 Å². The fraction of sp³-hybridized carbons (Fsp3) is 0.250. The number of fused-ring (bicyclic) bond motifs is 1. The first-order valence-electron chi connectivity index (χ1n) is 12.6. The molecule has 5 rings (SSSR count). The number of thioether (sulfide) groups is 1. The van der Waals surface area contributed by atoms with Gasteiger partial charge in [0.2, 0.25) is 0 Å². The number of nitrogens with zero attached hydrogens (tertiary/aromatic N) is 5. The number of carbonyl (C=O) groups is 1. The van der Waals surface area contributed by atoms with Gasteiger partial charge in [0.05, 0.1) is 21.8 Å². The maximum atomic E-state index is 13.7. The molecule has 3 aromatic heterocycles. The molecule has 4 heterocycles. The summed E-state index contributed by atoms with van der Waals surface area (Å²) in [7, 11) is 3.38. The van der Waals surface area contributed by atoms with E-state index in [1.807, 2.05) is 43.3 Å². The predicted octanol–water partition coefficient (Wildman–Crippen LogP) is 3.65. The number of hydrogen-bond donors (Lipinski definition) is 1. The molecular weight excluding hydrogens is 548 g/mol. The molecule has 0 radical (unpaired) electrons. The monoisotopic (exact) mass is 576 g/mol. The third-order valence-electron chi connectivity index (χ3n) is 6.72. The maximum Gasteiger partial charge on any atom is 0.296 e. The van der Waals surface area contributed by atoms with Crippen LogP contribution >= 0.6 is 24.0 Å². The minimum atomic E-state index is -0.472. The number of nitrogens with one attached hydrogen (secondary N) is 1. The highest BCUT2D eigenvalue weighted by Gasteiger charge is 2.38. The number of hydrogen-bond acceptors (Lipinski definition) is 8. The SMILES string of the molecule is COCCCNc1nc2c(C)cccn2c(=O)c1/C=C1/SC(=S)N(c2c(C)n(C)n(-c3ccccc3)c2=O)C1=O. The van der Waals surface area contributed by atoms with E-state index in [0.29, 0.717) is 42.4 Å². The van der Waals surface area contributed by atoms with Crippen molar-refractivity contribution in [3.8, 4) is 5.69 Å². The van der Waals surface area contributed by atoms with Gasteiger partial charge in [0.25, 0.3) is 17.0 Å². The van der Waals surface area contributed by atoms with E-state index in [1.165, 1.54) is 20.1 Å². The molecule has 1 N–H and O–H groups in total. The molecule has 206 valence electrons. The van der Waals surface area contributed by atoms with Crippen LogP contribution in [-0.4, -0.2) is 49.2 Å². The van der Waals surface area contributed by atoms with Crippen molar-refractivity contribution < 1.29 is 9.53 Å². The third-order valence-corrected chi connectivity index (χ3v) is 8.02. The van der Waals surface area contributed by atoms with Gasteiger partial charge in [0.15, 0.2) is 4.32 Å². The van der Waals surface area contributed by atoms with Gasteiger partial charge in [-0.3, -0.25) is 28.4 Å². The molecule has 0 aliphatic carbocycles. The van der Waals surface area contributed by atoms with Gasteiger partial charge < -0.3 is 10.1 Å². The van der Waals surface area contributed by atoms with E-state index < -0.39 is 5.91 Å². The number of pyridine rings is 1. The van der Waals surface area contributed by atoms with Gasteiger partial charge in [0, 0.05) is 33.5 Å². The molecule has 0 bridgehead atoms. The minimum Gasteiger partial charge on any atom is -0.385 e. The van der Waals surface area contributed by atoms with Crippen LogP contribution in [0.1, 0.15) is 23.2 Å². The van der Waals surface area contributed by atoms with E-state index in [2.05, 4.69) is 5.32 Å². The number of amides is 1. The molecule has 10 nitrogen and oxygen atoms in total. The smallest absolute Gasteiger partial charge is 0.296 e. The number of rotatable bonds is 8. The highest BCUT2D eigenvalue weighted by Crippen LogP contribution is 2.36. The van der Waals surface area contributed by atoms with E-state index >= 15 is 0 Å². The lowest BCUT2D eigenvalue weighted by Gasteiger charge is -2.13. The number of anilines is 2. The van der Waals surface area contributed by atoms with Gasteiger partial charge in [0.1, 0.15) is 17.2 Å². The average Bonchev–Trinajstić information content (AvgIpc) is 3.33. The number of aryl methyl sites for hydroxylation is 1. The average molecular weight is 577 g/mol. The Morgan fingerprint density at radius 3 is 2.55 bits per heavy atom. The molecule has 1 aliphatic heterocycles. The van der Waals surface area contributed by atoms with Crippen molar-refractivity contribution in [3.63, 3.8) is 0 Å². The number of methoxy groups -OCH3 is 1. The van der Waals surface area contributed by atoms with Crippen LogP contribution < -0.4 is 21.3 Å². The predicted molar refractivity (Wildman–Crippen MR) is 163 cm³/mol. The van der Waals surface area contributed by atoms with Crippen LogP contribution in [0.5, 0.6) is 0 Å². The van der Waals surface area contributed by atoms with Gasteiger partial charge in [-0.2, -0.15) is 0 Å². The van der Waals surface area contributed by atoms with Crippen LogP contribution in [0.4, 0.5) is 11.5 Å². The fourth-order valence-electron chi connectivity index (χ4n) is 4.60. The zero-order valence-corrected chi connectivity index (χ0v) is 24.1. The first-order chi connectivity index (χ1) is 19.2. The highest BCUT2D eigenvalue weighted by atomic mass is 32.2. The topological polar surface area (TPSA) is 103 Å². The van der Waals surface area contributed by atoms with E-state index in [0.717, 1.165) is 17.3 Å². The number of benzene rings is 1. The van der Waals surface area contributed by atoms with Gasteiger partial charge >= 0.3 is 0 Å². The summed E-state index contributed by atoms with van der Waals surface area (Å²) in [4.78, 5) is 47.2. The van der Waals surface area contributed by atoms with Crippen molar-refractivity contribution >= 4 is 57.4 Å². The second-order valence-corrected chi connectivity index (χ2v) is 10.9. The number of aromatic nitrogens is 4. The van der Waals surface area contributed by atoms with Crippen molar-refractivity contribution in [2.24, 2.45) is 7.05 Å². The standard InChI is InChI=1S/C28H28N6O4S2/c1-17-10-8-14-32-24(17)30-23(29-13-9-15-38-4)20(25(32)35)16-21-26(36)33(28(39)40-21)22-18(2)31(3)34(27(22)37)19-11-6-5-7-12-19/h5-8,10-12,14,16,29H,9,13,15H2,1-4H3/b21-16+. The van der Waals surface area contributed by atoms with Gasteiger partial charge in [-0.1, -0.05) is 48.2 Å². The number of para-hydroxylation sites is 1. The van der Waals surface area contributed by atoms with E-state index in [9.17, 15) is 14.4 Å². The summed E-state index contributed by atoms with van der Waals surface area (Å²) in [5.74, 6) is -0.108. The first-order valence-corrected chi connectivity index (χ1v) is 13.8. The molecule has 1 aromatic carbocycles. The Morgan fingerprint density at radius 2 is 1.82 bits per heavy atom. The fourth-order valence-corrected chi connectivity index (χ4v) is 5.86. The lowest BCUT2D eigenvalue weighted by atomic mass is 10.2. The molecule has 1 saturated heterocycles. The summed E-state index contributed by atoms with van der Waals surface area (Å²) in [5.41, 5.74) is 2.32. The summed E-state index contributed by atoms with van der Waals surface area (Å²) < 4.78 is 9.99. The Balaban J connectivity index is 1.59. The summed E-state index contributed by atoms with van der Waals surface area (Å²) in [5, 5.41) is 3.23. The van der Waals surface area contributed by atoms with Crippen molar-refractivity contribution in [2.75, 3.05) is 30.5 Å². The molecule has 40 heavy (non-hydrogen) atoms. The molecule has 4 aromatic rings. The first kappa shape index (κ1) is 27.6. The molecule has 0 spiro atoms. The van der Waals surface area contributed by atoms with Crippen LogP contribution in [0.3, 0.4) is 0 Å². The van der Waals surface area contributed by atoms with Crippen molar-refractivity contribution in [3.05, 3.63) is 91.1 Å². The van der Waals surface area contributed by atoms with Crippen LogP contribution in [0.2, 0.25) is 0 Å². The van der Waals surface area contributed by atoms with E-state index in [1.54, 1.807) is 38.0 Å². The maximum absolute atomic E-state index is 13.7. The molecule has 1 aliphatic rings. The van der Waals surface area contributed by atoms with Crippen LogP contribution in [0.15, 0.2) is 63.2 Å². The minimum absolute atomic E-state index is 0.180. The second kappa shape index (κ2) is 11.2. The second-order valence-electron chi connectivity index (χ2n) is 9.26. The van der Waals surface area contributed by atoms with Crippen molar-refractivity contribution in [1.29, 1.82) is 0 Å². The van der Waals surface area contributed by atoms with Crippen molar-refractivity contribution in [1.82, 2.24) is 18.7 Å².